The Balaban J connectivity index is 1.89. The molecule has 0 saturated heterocycles. The van der Waals surface area contributed by atoms with Crippen molar-refractivity contribution in [2.75, 3.05) is 7.11 Å². The summed E-state index contributed by atoms with van der Waals surface area (Å²) in [5, 5.41) is 5.62. The van der Waals surface area contributed by atoms with E-state index in [2.05, 4.69) is 34.7 Å². The summed E-state index contributed by atoms with van der Waals surface area (Å²) in [6.07, 6.45) is 1.06. The summed E-state index contributed by atoms with van der Waals surface area (Å²) >= 11 is 1.81. The van der Waals surface area contributed by atoms with Crippen LogP contribution in [-0.4, -0.2) is 18.1 Å². The summed E-state index contributed by atoms with van der Waals surface area (Å²) in [7, 11) is 1.69. The fraction of sp³-hybridized carbons (Fsp3) is 0.400. The molecule has 1 unspecified atom stereocenters. The molecular formula is C15H20N2OS. The molecule has 102 valence electrons. The largest absolute Gasteiger partial charge is 0.497 e. The van der Waals surface area contributed by atoms with E-state index >= 15 is 0 Å². The summed E-state index contributed by atoms with van der Waals surface area (Å²) in [5.41, 5.74) is 2.01. The van der Waals surface area contributed by atoms with Crippen molar-refractivity contribution in [3.63, 3.8) is 0 Å². The van der Waals surface area contributed by atoms with Crippen LogP contribution < -0.4 is 10.1 Å². The Bertz CT molecular complexity index is 511. The highest BCUT2D eigenvalue weighted by Crippen LogP contribution is 2.14. The normalized spacial score (nSPS) is 12.4. The van der Waals surface area contributed by atoms with Crippen LogP contribution in [0.4, 0.5) is 0 Å². The van der Waals surface area contributed by atoms with Gasteiger partial charge in [-0.2, -0.15) is 0 Å². The Kier molecular flexibility index (Phi) is 4.93. The number of rotatable bonds is 6. The lowest BCUT2D eigenvalue weighted by Crippen LogP contribution is -2.27. The predicted molar refractivity (Wildman–Crippen MR) is 79.9 cm³/mol. The highest BCUT2D eigenvalue weighted by Gasteiger charge is 2.06. The molecule has 0 bridgehead atoms. The molecule has 0 aliphatic heterocycles. The molecule has 2 aromatic heterocycles. The Morgan fingerprint density at radius 1 is 1.42 bits per heavy atom. The van der Waals surface area contributed by atoms with Gasteiger partial charge in [-0.3, -0.25) is 4.98 Å². The molecule has 1 N–H and O–H groups in total. The van der Waals surface area contributed by atoms with Gasteiger partial charge in [0.15, 0.2) is 0 Å². The maximum Gasteiger partial charge on any atom is 0.122 e. The number of hydrogen-bond acceptors (Lipinski definition) is 4. The third-order valence-electron chi connectivity index (χ3n) is 2.93. The average molecular weight is 276 g/mol. The zero-order valence-electron chi connectivity index (χ0n) is 11.6. The zero-order valence-corrected chi connectivity index (χ0v) is 12.5. The number of aryl methyl sites for hydroxylation is 1. The minimum absolute atomic E-state index is 0.437. The van der Waals surface area contributed by atoms with Crippen LogP contribution in [0.3, 0.4) is 0 Å². The molecule has 3 nitrogen and oxygen atoms in total. The van der Waals surface area contributed by atoms with Gasteiger partial charge in [0.2, 0.25) is 0 Å². The summed E-state index contributed by atoms with van der Waals surface area (Å²) in [5.74, 6) is 0.871. The second-order valence-electron chi connectivity index (χ2n) is 4.71. The molecule has 0 aliphatic rings. The first-order valence-corrected chi connectivity index (χ1v) is 7.32. The van der Waals surface area contributed by atoms with Crippen molar-refractivity contribution in [2.24, 2.45) is 0 Å². The molecule has 0 fully saturated rings. The van der Waals surface area contributed by atoms with Crippen LogP contribution in [0.5, 0.6) is 5.75 Å². The lowest BCUT2D eigenvalue weighted by Gasteiger charge is -2.13. The van der Waals surface area contributed by atoms with Crippen LogP contribution >= 0.6 is 11.3 Å². The Morgan fingerprint density at radius 3 is 2.95 bits per heavy atom. The third-order valence-corrected chi connectivity index (χ3v) is 3.83. The average Bonchev–Trinajstić information content (AvgIpc) is 2.88. The molecular weight excluding hydrogens is 256 g/mol. The van der Waals surface area contributed by atoms with Crippen molar-refractivity contribution in [1.82, 2.24) is 10.3 Å². The van der Waals surface area contributed by atoms with Crippen LogP contribution in [0.1, 0.15) is 23.2 Å². The maximum atomic E-state index is 5.26. The predicted octanol–water partition coefficient (Wildman–Crippen LogP) is 3.18. The first-order chi connectivity index (χ1) is 9.17. The molecule has 0 saturated carbocycles. The van der Waals surface area contributed by atoms with Gasteiger partial charge in [0, 0.05) is 35.3 Å². The third kappa shape index (κ3) is 4.33. The van der Waals surface area contributed by atoms with Gasteiger partial charge in [0.25, 0.3) is 0 Å². The van der Waals surface area contributed by atoms with Crippen molar-refractivity contribution >= 4 is 11.3 Å². The highest BCUT2D eigenvalue weighted by molar-refractivity contribution is 7.09. The first kappa shape index (κ1) is 14.0. The van der Waals surface area contributed by atoms with E-state index in [1.54, 1.807) is 18.4 Å². The first-order valence-electron chi connectivity index (χ1n) is 6.44. The molecule has 1 atom stereocenters. The number of aromatic nitrogens is 1. The highest BCUT2D eigenvalue weighted by atomic mass is 32.1. The number of nitrogens with zero attached hydrogens (tertiary/aromatic N) is 1. The smallest absolute Gasteiger partial charge is 0.122 e. The molecule has 0 radical (unpaired) electrons. The van der Waals surface area contributed by atoms with E-state index in [0.29, 0.717) is 6.04 Å². The Morgan fingerprint density at radius 2 is 2.26 bits per heavy atom. The van der Waals surface area contributed by atoms with E-state index in [1.807, 2.05) is 19.1 Å². The molecule has 0 amide bonds. The van der Waals surface area contributed by atoms with Crippen LogP contribution in [0.15, 0.2) is 29.6 Å². The fourth-order valence-corrected chi connectivity index (χ4v) is 2.83. The van der Waals surface area contributed by atoms with Crippen LogP contribution in [-0.2, 0) is 13.0 Å². The molecule has 0 spiro atoms. The van der Waals surface area contributed by atoms with Crippen molar-refractivity contribution in [3.8, 4) is 5.75 Å². The molecule has 0 aliphatic carbocycles. The maximum absolute atomic E-state index is 5.26. The monoisotopic (exact) mass is 276 g/mol. The quantitative estimate of drug-likeness (QED) is 0.880. The fourth-order valence-electron chi connectivity index (χ4n) is 1.99. The topological polar surface area (TPSA) is 34.1 Å². The van der Waals surface area contributed by atoms with Crippen molar-refractivity contribution in [1.29, 1.82) is 0 Å². The van der Waals surface area contributed by atoms with Gasteiger partial charge in [-0.25, -0.2) is 0 Å². The van der Waals surface area contributed by atoms with Crippen LogP contribution in [0.25, 0.3) is 0 Å². The van der Waals surface area contributed by atoms with Gasteiger partial charge in [0.1, 0.15) is 5.75 Å². The van der Waals surface area contributed by atoms with Crippen LogP contribution in [0, 0.1) is 6.92 Å². The number of nitrogens with one attached hydrogen (secondary N) is 1. The molecule has 19 heavy (non-hydrogen) atoms. The summed E-state index contributed by atoms with van der Waals surface area (Å²) in [6, 6.07) is 8.64. The lowest BCUT2D eigenvalue weighted by atomic mass is 10.2. The van der Waals surface area contributed by atoms with E-state index in [-0.39, 0.29) is 0 Å². The van der Waals surface area contributed by atoms with Gasteiger partial charge in [0.05, 0.1) is 12.8 Å². The number of pyridine rings is 1. The second-order valence-corrected chi connectivity index (χ2v) is 5.74. The summed E-state index contributed by atoms with van der Waals surface area (Å²) in [4.78, 5) is 5.92. The molecule has 2 heterocycles. The zero-order chi connectivity index (χ0) is 13.7. The minimum Gasteiger partial charge on any atom is -0.497 e. The van der Waals surface area contributed by atoms with Crippen LogP contribution in [0.2, 0.25) is 0 Å². The van der Waals surface area contributed by atoms with E-state index in [9.17, 15) is 0 Å². The van der Waals surface area contributed by atoms with Crippen molar-refractivity contribution in [2.45, 2.75) is 32.9 Å². The van der Waals surface area contributed by atoms with E-state index in [1.165, 1.54) is 4.88 Å². The van der Waals surface area contributed by atoms with Gasteiger partial charge < -0.3 is 10.1 Å². The summed E-state index contributed by atoms with van der Waals surface area (Å²) < 4.78 is 5.26. The SMILES string of the molecule is COc1cc(C)nc(CNC(C)Cc2cccs2)c1. The summed E-state index contributed by atoms with van der Waals surface area (Å²) in [6.45, 7) is 4.96. The Labute approximate surface area is 118 Å². The second kappa shape index (κ2) is 6.68. The number of hydrogen-bond donors (Lipinski definition) is 1. The number of ether oxygens (including phenoxy) is 1. The van der Waals surface area contributed by atoms with Gasteiger partial charge in [-0.15, -0.1) is 11.3 Å². The lowest BCUT2D eigenvalue weighted by molar-refractivity contribution is 0.412. The van der Waals surface area contributed by atoms with Gasteiger partial charge in [-0.1, -0.05) is 6.07 Å². The van der Waals surface area contributed by atoms with E-state index < -0.39 is 0 Å². The van der Waals surface area contributed by atoms with Crippen molar-refractivity contribution in [3.05, 3.63) is 45.9 Å². The Hall–Kier alpha value is -1.39. The van der Waals surface area contributed by atoms with E-state index in [4.69, 9.17) is 4.74 Å². The molecule has 0 aromatic carbocycles. The minimum atomic E-state index is 0.437. The van der Waals surface area contributed by atoms with Gasteiger partial charge in [-0.05, 0) is 31.7 Å². The molecule has 4 heteroatoms. The van der Waals surface area contributed by atoms with Gasteiger partial charge >= 0.3 is 0 Å². The number of thiophene rings is 1. The van der Waals surface area contributed by atoms with Crippen molar-refractivity contribution < 1.29 is 4.74 Å². The van der Waals surface area contributed by atoms with E-state index in [0.717, 1.165) is 30.1 Å². The number of methoxy groups -OCH3 is 1. The molecule has 2 rings (SSSR count). The molecule has 2 aromatic rings. The standard InChI is InChI=1S/C15H20N2OS/c1-11(8-15-5-4-6-19-15)16-10-13-9-14(18-3)7-12(2)17-13/h4-7,9,11,16H,8,10H2,1-3H3.